The molecule has 0 aliphatic heterocycles. The number of amides is 2. The molecular formula is C22H24N2O6S2. The van der Waals surface area contributed by atoms with Crippen molar-refractivity contribution >= 4 is 45.3 Å². The third-order valence-electron chi connectivity index (χ3n) is 4.72. The Labute approximate surface area is 194 Å². The molecule has 2 rings (SSSR count). The van der Waals surface area contributed by atoms with Crippen LogP contribution in [0.3, 0.4) is 0 Å². The average Bonchev–Trinajstić information content (AvgIpc) is 2.80. The van der Waals surface area contributed by atoms with Gasteiger partial charge >= 0.3 is 11.9 Å². The van der Waals surface area contributed by atoms with Crippen LogP contribution in [0.1, 0.15) is 20.7 Å². The van der Waals surface area contributed by atoms with Crippen LogP contribution in [0.5, 0.6) is 0 Å². The van der Waals surface area contributed by atoms with Crippen molar-refractivity contribution in [2.75, 3.05) is 25.6 Å². The number of nitrogens with zero attached hydrogens (tertiary/aromatic N) is 2. The molecular weight excluding hydrogens is 452 g/mol. The SMILES string of the molecule is CN(C(=O)c1ccccc1)[C@@H](CSSC[C@@H](C(=O)O)N(C)C(=O)c1ccccc1)C(=O)O. The van der Waals surface area contributed by atoms with E-state index in [1.165, 1.54) is 14.1 Å². The smallest absolute Gasteiger partial charge is 0.327 e. The van der Waals surface area contributed by atoms with E-state index in [1.807, 2.05) is 0 Å². The molecule has 0 saturated heterocycles. The number of hydrogen-bond acceptors (Lipinski definition) is 6. The number of aliphatic carboxylic acids is 2. The predicted molar refractivity (Wildman–Crippen MR) is 125 cm³/mol. The van der Waals surface area contributed by atoms with E-state index in [1.54, 1.807) is 60.7 Å². The van der Waals surface area contributed by atoms with Gasteiger partial charge in [0.1, 0.15) is 12.1 Å². The summed E-state index contributed by atoms with van der Waals surface area (Å²) >= 11 is 0. The maximum Gasteiger partial charge on any atom is 0.327 e. The maximum absolute atomic E-state index is 12.5. The number of rotatable bonds is 11. The molecule has 0 saturated carbocycles. The number of benzene rings is 2. The molecule has 0 radical (unpaired) electrons. The molecule has 2 aromatic carbocycles. The van der Waals surface area contributed by atoms with Crippen LogP contribution >= 0.6 is 21.6 Å². The van der Waals surface area contributed by atoms with E-state index in [4.69, 9.17) is 0 Å². The highest BCUT2D eigenvalue weighted by molar-refractivity contribution is 8.76. The van der Waals surface area contributed by atoms with Crippen molar-refractivity contribution in [1.82, 2.24) is 9.80 Å². The third-order valence-corrected chi connectivity index (χ3v) is 7.11. The van der Waals surface area contributed by atoms with Gasteiger partial charge in [-0.15, -0.1) is 0 Å². The third kappa shape index (κ3) is 6.76. The van der Waals surface area contributed by atoms with Gasteiger partial charge in [-0.25, -0.2) is 9.59 Å². The van der Waals surface area contributed by atoms with E-state index < -0.39 is 35.8 Å². The predicted octanol–water partition coefficient (Wildman–Crippen LogP) is 2.82. The Morgan fingerprint density at radius 3 is 1.28 bits per heavy atom. The van der Waals surface area contributed by atoms with E-state index in [0.29, 0.717) is 11.1 Å². The standard InChI is InChI=1S/C22H24N2O6S2/c1-23(19(25)15-9-5-3-6-10-15)17(21(27)28)13-31-32-14-18(22(29)30)24(2)20(26)16-11-7-4-8-12-16/h3-12,17-18H,13-14H2,1-2H3,(H,27,28)(H,29,30)/t17-,18-/m0/s1. The Morgan fingerprint density at radius 2 is 1.00 bits per heavy atom. The molecule has 2 amide bonds. The number of likely N-dealkylation sites (N-methyl/N-ethyl adjacent to an activating group) is 2. The van der Waals surface area contributed by atoms with Gasteiger partial charge < -0.3 is 20.0 Å². The highest BCUT2D eigenvalue weighted by Crippen LogP contribution is 2.26. The molecule has 0 aliphatic rings. The van der Waals surface area contributed by atoms with Gasteiger partial charge in [-0.2, -0.15) is 0 Å². The van der Waals surface area contributed by atoms with Gasteiger partial charge in [0.15, 0.2) is 0 Å². The van der Waals surface area contributed by atoms with Gasteiger partial charge in [-0.1, -0.05) is 58.0 Å². The fourth-order valence-corrected chi connectivity index (χ4v) is 5.31. The maximum atomic E-state index is 12.5. The van der Waals surface area contributed by atoms with Crippen LogP contribution in [0.2, 0.25) is 0 Å². The van der Waals surface area contributed by atoms with Gasteiger partial charge in [0.05, 0.1) is 0 Å². The van der Waals surface area contributed by atoms with Gasteiger partial charge in [0, 0.05) is 36.7 Å². The molecule has 0 unspecified atom stereocenters. The van der Waals surface area contributed by atoms with E-state index in [0.717, 1.165) is 31.4 Å². The van der Waals surface area contributed by atoms with Gasteiger partial charge in [-0.3, -0.25) is 9.59 Å². The average molecular weight is 477 g/mol. The number of carbonyl (C=O) groups is 4. The van der Waals surface area contributed by atoms with E-state index in [9.17, 15) is 29.4 Å². The summed E-state index contributed by atoms with van der Waals surface area (Å²) in [6.45, 7) is 0. The van der Waals surface area contributed by atoms with Crippen molar-refractivity contribution in [2.45, 2.75) is 12.1 Å². The Balaban J connectivity index is 1.95. The Morgan fingerprint density at radius 1 is 0.688 bits per heavy atom. The Kier molecular flexibility index (Phi) is 9.61. The lowest BCUT2D eigenvalue weighted by atomic mass is 10.2. The lowest BCUT2D eigenvalue weighted by Gasteiger charge is -2.26. The van der Waals surface area contributed by atoms with Crippen LogP contribution in [-0.2, 0) is 9.59 Å². The highest BCUT2D eigenvalue weighted by atomic mass is 33.1. The van der Waals surface area contributed by atoms with Crippen molar-refractivity contribution in [3.8, 4) is 0 Å². The van der Waals surface area contributed by atoms with Crippen molar-refractivity contribution in [2.24, 2.45) is 0 Å². The normalized spacial score (nSPS) is 12.4. The summed E-state index contributed by atoms with van der Waals surface area (Å²) in [6, 6.07) is 14.6. The molecule has 0 heterocycles. The molecule has 0 spiro atoms. The molecule has 170 valence electrons. The molecule has 2 atom stereocenters. The number of hydrogen-bond donors (Lipinski definition) is 2. The zero-order valence-electron chi connectivity index (χ0n) is 17.6. The lowest BCUT2D eigenvalue weighted by Crippen LogP contribution is -2.44. The second-order valence-corrected chi connectivity index (χ2v) is 9.39. The molecule has 0 aliphatic carbocycles. The van der Waals surface area contributed by atoms with Crippen molar-refractivity contribution < 1.29 is 29.4 Å². The molecule has 0 aromatic heterocycles. The van der Waals surface area contributed by atoms with Crippen LogP contribution in [0.15, 0.2) is 60.7 Å². The van der Waals surface area contributed by atoms with E-state index in [2.05, 4.69) is 0 Å². The molecule has 8 nitrogen and oxygen atoms in total. The molecule has 10 heteroatoms. The topological polar surface area (TPSA) is 115 Å². The summed E-state index contributed by atoms with van der Waals surface area (Å²) in [6.07, 6.45) is 0. The molecule has 0 fully saturated rings. The molecule has 32 heavy (non-hydrogen) atoms. The van der Waals surface area contributed by atoms with E-state index >= 15 is 0 Å². The first-order valence-corrected chi connectivity index (χ1v) is 12.1. The first-order valence-electron chi connectivity index (χ1n) is 9.58. The Hall–Kier alpha value is -2.98. The minimum atomic E-state index is -1.16. The monoisotopic (exact) mass is 476 g/mol. The minimum absolute atomic E-state index is 0.0533. The summed E-state index contributed by atoms with van der Waals surface area (Å²) in [5, 5.41) is 19.1. The summed E-state index contributed by atoms with van der Waals surface area (Å²) < 4.78 is 0. The van der Waals surface area contributed by atoms with Crippen LogP contribution in [0.4, 0.5) is 0 Å². The highest BCUT2D eigenvalue weighted by Gasteiger charge is 2.30. The number of carboxylic acids is 2. The minimum Gasteiger partial charge on any atom is -0.480 e. The fourth-order valence-electron chi connectivity index (χ4n) is 2.77. The zero-order valence-corrected chi connectivity index (χ0v) is 19.2. The number of carbonyl (C=O) groups excluding carboxylic acids is 2. The fraction of sp³-hybridized carbons (Fsp3) is 0.273. The Bertz CT molecular complexity index is 864. The van der Waals surface area contributed by atoms with E-state index in [-0.39, 0.29) is 11.5 Å². The lowest BCUT2D eigenvalue weighted by molar-refractivity contribution is -0.142. The van der Waals surface area contributed by atoms with Crippen molar-refractivity contribution in [3.63, 3.8) is 0 Å². The van der Waals surface area contributed by atoms with Crippen LogP contribution < -0.4 is 0 Å². The largest absolute Gasteiger partial charge is 0.480 e. The molecule has 0 bridgehead atoms. The van der Waals surface area contributed by atoms with Crippen LogP contribution in [0.25, 0.3) is 0 Å². The summed E-state index contributed by atoms with van der Waals surface area (Å²) in [7, 11) is 5.13. The molecule has 2 aromatic rings. The zero-order chi connectivity index (χ0) is 23.7. The summed E-state index contributed by atoms with van der Waals surface area (Å²) in [5.41, 5.74) is 0.761. The summed E-state index contributed by atoms with van der Waals surface area (Å²) in [5.74, 6) is -3.04. The quantitative estimate of drug-likeness (QED) is 0.376. The number of carboxylic acid groups (broad SMARTS) is 2. The second kappa shape index (κ2) is 12.2. The summed E-state index contributed by atoms with van der Waals surface area (Å²) in [4.78, 5) is 50.8. The second-order valence-electron chi connectivity index (χ2n) is 6.84. The van der Waals surface area contributed by atoms with Crippen molar-refractivity contribution in [3.05, 3.63) is 71.8 Å². The van der Waals surface area contributed by atoms with Crippen molar-refractivity contribution in [1.29, 1.82) is 0 Å². The van der Waals surface area contributed by atoms with Crippen LogP contribution in [-0.4, -0.2) is 81.5 Å². The van der Waals surface area contributed by atoms with Gasteiger partial charge in [0.25, 0.3) is 11.8 Å². The first-order chi connectivity index (χ1) is 15.2. The first kappa shape index (κ1) is 25.3. The van der Waals surface area contributed by atoms with Gasteiger partial charge in [0.2, 0.25) is 0 Å². The van der Waals surface area contributed by atoms with Gasteiger partial charge in [-0.05, 0) is 24.3 Å². The molecule has 2 N–H and O–H groups in total. The van der Waals surface area contributed by atoms with Crippen LogP contribution in [0, 0.1) is 0 Å².